The molecule has 2 aromatic rings. The summed E-state index contributed by atoms with van der Waals surface area (Å²) >= 11 is 1.33. The fraction of sp³-hybridized carbons (Fsp3) is 0.200. The van der Waals surface area contributed by atoms with Crippen LogP contribution in [0.25, 0.3) is 0 Å². The van der Waals surface area contributed by atoms with E-state index in [1.54, 1.807) is 6.07 Å². The second kappa shape index (κ2) is 6.90. The Morgan fingerprint density at radius 2 is 1.95 bits per heavy atom. The molecule has 2 rings (SSSR count). The molecule has 5 nitrogen and oxygen atoms in total. The van der Waals surface area contributed by atoms with Crippen LogP contribution >= 0.6 is 11.3 Å². The third kappa shape index (κ3) is 4.32. The number of benzene rings is 1. The molecule has 0 radical (unpaired) electrons. The normalized spacial score (nSPS) is 10.1. The first-order valence-corrected chi connectivity index (χ1v) is 7.37. The van der Waals surface area contributed by atoms with E-state index in [1.807, 2.05) is 37.3 Å². The van der Waals surface area contributed by atoms with E-state index in [2.05, 4.69) is 10.6 Å². The number of urea groups is 1. The van der Waals surface area contributed by atoms with Crippen LogP contribution in [0.5, 0.6) is 0 Å². The summed E-state index contributed by atoms with van der Waals surface area (Å²) in [6, 6.07) is 11.0. The molecule has 0 unspecified atom stereocenters. The van der Waals surface area contributed by atoms with Gasteiger partial charge in [0.2, 0.25) is 0 Å². The van der Waals surface area contributed by atoms with Crippen molar-refractivity contribution in [1.82, 2.24) is 10.6 Å². The molecular weight excluding hydrogens is 286 g/mol. The van der Waals surface area contributed by atoms with Crippen LogP contribution in [0, 0.1) is 6.92 Å². The lowest BCUT2D eigenvalue weighted by Crippen LogP contribution is -2.40. The molecule has 110 valence electrons. The number of imide groups is 1. The Hall–Kier alpha value is -2.34. The van der Waals surface area contributed by atoms with Gasteiger partial charge in [-0.25, -0.2) is 4.79 Å². The molecule has 4 N–H and O–H groups in total. The Morgan fingerprint density at radius 1 is 1.24 bits per heavy atom. The number of amides is 3. The number of aryl methyl sites for hydroxylation is 1. The summed E-state index contributed by atoms with van der Waals surface area (Å²) in [6.07, 6.45) is 0.710. The Kier molecular flexibility index (Phi) is 4.94. The zero-order valence-corrected chi connectivity index (χ0v) is 12.5. The molecule has 21 heavy (non-hydrogen) atoms. The van der Waals surface area contributed by atoms with Gasteiger partial charge in [-0.05, 0) is 25.0 Å². The summed E-state index contributed by atoms with van der Waals surface area (Å²) in [4.78, 5) is 24.5. The zero-order chi connectivity index (χ0) is 15.2. The number of rotatable bonds is 4. The van der Waals surface area contributed by atoms with Crippen LogP contribution < -0.4 is 16.4 Å². The Morgan fingerprint density at radius 3 is 2.57 bits per heavy atom. The maximum absolute atomic E-state index is 11.9. The minimum absolute atomic E-state index is 0.343. The molecule has 0 spiro atoms. The highest BCUT2D eigenvalue weighted by Crippen LogP contribution is 2.23. The number of carbonyl (C=O) groups is 2. The maximum Gasteiger partial charge on any atom is 0.321 e. The average molecular weight is 303 g/mol. The van der Waals surface area contributed by atoms with Gasteiger partial charge in [0.15, 0.2) is 0 Å². The number of thiophene rings is 1. The van der Waals surface area contributed by atoms with Gasteiger partial charge in [-0.1, -0.05) is 30.3 Å². The molecule has 0 aliphatic rings. The Balaban J connectivity index is 1.79. The molecule has 6 heteroatoms. The van der Waals surface area contributed by atoms with Gasteiger partial charge < -0.3 is 11.1 Å². The summed E-state index contributed by atoms with van der Waals surface area (Å²) in [5.74, 6) is -0.478. The van der Waals surface area contributed by atoms with Crippen molar-refractivity contribution in [3.05, 3.63) is 52.4 Å². The second-order valence-corrected chi connectivity index (χ2v) is 5.87. The van der Waals surface area contributed by atoms with Gasteiger partial charge in [0.1, 0.15) is 0 Å². The van der Waals surface area contributed by atoms with Crippen molar-refractivity contribution in [2.75, 3.05) is 12.3 Å². The molecule has 0 fully saturated rings. The quantitative estimate of drug-likeness (QED) is 0.810. The third-order valence-corrected chi connectivity index (χ3v) is 3.78. The summed E-state index contributed by atoms with van der Waals surface area (Å²) in [6.45, 7) is 2.32. The van der Waals surface area contributed by atoms with E-state index in [-0.39, 0.29) is 0 Å². The number of carbonyl (C=O) groups excluding carboxylic acids is 2. The molecule has 1 aromatic carbocycles. The minimum atomic E-state index is -0.515. The van der Waals surface area contributed by atoms with E-state index < -0.39 is 11.9 Å². The van der Waals surface area contributed by atoms with Crippen LogP contribution in [0.2, 0.25) is 0 Å². The second-order valence-electron chi connectivity index (χ2n) is 4.58. The van der Waals surface area contributed by atoms with Gasteiger partial charge in [-0.3, -0.25) is 10.1 Å². The summed E-state index contributed by atoms with van der Waals surface area (Å²) < 4.78 is 0. The standard InChI is InChI=1S/C15H17N3O2S/c1-10-9-12(13(16)21-10)14(19)18-15(20)17-8-7-11-5-3-2-4-6-11/h2-6,9H,7-8,16H2,1H3,(H2,17,18,19,20). The SMILES string of the molecule is Cc1cc(C(=O)NC(=O)NCCc2ccccc2)c(N)s1. The van der Waals surface area contributed by atoms with Crippen LogP contribution in [0.15, 0.2) is 36.4 Å². The van der Waals surface area contributed by atoms with E-state index in [1.165, 1.54) is 11.3 Å². The molecule has 1 heterocycles. The summed E-state index contributed by atoms with van der Waals surface area (Å²) in [5.41, 5.74) is 7.19. The minimum Gasteiger partial charge on any atom is -0.390 e. The lowest BCUT2D eigenvalue weighted by atomic mass is 10.1. The van der Waals surface area contributed by atoms with Crippen LogP contribution in [-0.2, 0) is 6.42 Å². The first-order chi connectivity index (χ1) is 10.1. The van der Waals surface area contributed by atoms with Crippen molar-refractivity contribution in [3.63, 3.8) is 0 Å². The highest BCUT2D eigenvalue weighted by Gasteiger charge is 2.15. The first kappa shape index (κ1) is 15.1. The van der Waals surface area contributed by atoms with Gasteiger partial charge in [0.25, 0.3) is 5.91 Å². The molecule has 0 atom stereocenters. The molecule has 0 saturated carbocycles. The van der Waals surface area contributed by atoms with Crippen molar-refractivity contribution < 1.29 is 9.59 Å². The van der Waals surface area contributed by atoms with Gasteiger partial charge in [0.05, 0.1) is 10.6 Å². The number of hydrogen-bond donors (Lipinski definition) is 3. The fourth-order valence-corrected chi connectivity index (χ4v) is 2.67. The molecule has 0 bridgehead atoms. The summed E-state index contributed by atoms with van der Waals surface area (Å²) in [5, 5.41) is 5.34. The van der Waals surface area contributed by atoms with Crippen LogP contribution in [0.3, 0.4) is 0 Å². The van der Waals surface area contributed by atoms with Gasteiger partial charge in [0, 0.05) is 11.4 Å². The van der Waals surface area contributed by atoms with Crippen LogP contribution in [0.1, 0.15) is 20.8 Å². The van der Waals surface area contributed by atoms with Crippen molar-refractivity contribution in [1.29, 1.82) is 0 Å². The monoisotopic (exact) mass is 303 g/mol. The molecule has 0 saturated heterocycles. The van der Waals surface area contributed by atoms with E-state index in [9.17, 15) is 9.59 Å². The van der Waals surface area contributed by atoms with Crippen molar-refractivity contribution in [2.45, 2.75) is 13.3 Å². The highest BCUT2D eigenvalue weighted by atomic mass is 32.1. The number of nitrogens with two attached hydrogens (primary N) is 1. The van der Waals surface area contributed by atoms with Crippen LogP contribution in [0.4, 0.5) is 9.80 Å². The smallest absolute Gasteiger partial charge is 0.321 e. The average Bonchev–Trinajstić information content (AvgIpc) is 2.79. The highest BCUT2D eigenvalue weighted by molar-refractivity contribution is 7.16. The van der Waals surface area contributed by atoms with E-state index >= 15 is 0 Å². The zero-order valence-electron chi connectivity index (χ0n) is 11.7. The van der Waals surface area contributed by atoms with E-state index in [0.29, 0.717) is 23.5 Å². The van der Waals surface area contributed by atoms with E-state index in [4.69, 9.17) is 5.73 Å². The Bertz CT molecular complexity index is 638. The van der Waals surface area contributed by atoms with Gasteiger partial charge in [-0.2, -0.15) is 0 Å². The third-order valence-electron chi connectivity index (χ3n) is 2.90. The summed E-state index contributed by atoms with van der Waals surface area (Å²) in [7, 11) is 0. The lowest BCUT2D eigenvalue weighted by molar-refractivity contribution is 0.0965. The number of nitrogens with one attached hydrogen (secondary N) is 2. The predicted molar refractivity (Wildman–Crippen MR) is 84.5 cm³/mol. The topological polar surface area (TPSA) is 84.2 Å². The van der Waals surface area contributed by atoms with Crippen LogP contribution in [-0.4, -0.2) is 18.5 Å². The van der Waals surface area contributed by atoms with Crippen molar-refractivity contribution >= 4 is 28.3 Å². The van der Waals surface area contributed by atoms with Crippen molar-refractivity contribution in [2.24, 2.45) is 0 Å². The van der Waals surface area contributed by atoms with Gasteiger partial charge >= 0.3 is 6.03 Å². The van der Waals surface area contributed by atoms with E-state index in [0.717, 1.165) is 10.4 Å². The maximum atomic E-state index is 11.9. The van der Waals surface area contributed by atoms with Crippen molar-refractivity contribution in [3.8, 4) is 0 Å². The predicted octanol–water partition coefficient (Wildman–Crippen LogP) is 2.32. The largest absolute Gasteiger partial charge is 0.390 e. The molecule has 1 aromatic heterocycles. The Labute approximate surface area is 127 Å². The first-order valence-electron chi connectivity index (χ1n) is 6.55. The number of nitrogen functional groups attached to an aromatic ring is 1. The van der Waals surface area contributed by atoms with Gasteiger partial charge in [-0.15, -0.1) is 11.3 Å². The molecular formula is C15H17N3O2S. The molecule has 0 aliphatic carbocycles. The lowest BCUT2D eigenvalue weighted by Gasteiger charge is -2.06. The fourth-order valence-electron chi connectivity index (χ4n) is 1.89. The number of anilines is 1. The molecule has 3 amide bonds. The molecule has 0 aliphatic heterocycles. The number of hydrogen-bond acceptors (Lipinski definition) is 4.